The molecule has 0 aliphatic heterocycles. The van der Waals surface area contributed by atoms with E-state index in [1.54, 1.807) is 0 Å². The summed E-state index contributed by atoms with van der Waals surface area (Å²) in [6.45, 7) is 0. The van der Waals surface area contributed by atoms with Crippen molar-refractivity contribution in [3.8, 4) is 0 Å². The average molecular weight is 353 g/mol. The van der Waals surface area contributed by atoms with E-state index < -0.39 is 10.8 Å². The number of nitrogens with two attached hydrogens (primary N) is 1. The fourth-order valence-electron chi connectivity index (χ4n) is 1.52. The molecule has 1 amide bonds. The number of hydrogen-bond acceptors (Lipinski definition) is 7. The second-order valence-electron chi connectivity index (χ2n) is 3.81. The molecule has 1 aromatic heterocycles. The molecule has 21 heavy (non-hydrogen) atoms. The van der Waals surface area contributed by atoms with Crippen molar-refractivity contribution in [1.82, 2.24) is 9.97 Å². The zero-order valence-corrected chi connectivity index (χ0v) is 12.0. The summed E-state index contributed by atoms with van der Waals surface area (Å²) in [5.41, 5.74) is 2.19. The molecule has 0 aliphatic carbocycles. The molecule has 0 spiro atoms. The van der Waals surface area contributed by atoms with E-state index in [-0.39, 0.29) is 22.8 Å². The molecule has 0 bridgehead atoms. The highest BCUT2D eigenvalue weighted by atomic mass is 79.9. The van der Waals surface area contributed by atoms with Gasteiger partial charge in [0.2, 0.25) is 0 Å². The fourth-order valence-corrected chi connectivity index (χ4v) is 1.72. The summed E-state index contributed by atoms with van der Waals surface area (Å²) in [5, 5.41) is 13.3. The number of nitrogen functional groups attached to an aromatic ring is 1. The molecule has 4 N–H and O–H groups in total. The van der Waals surface area contributed by atoms with Crippen molar-refractivity contribution < 1.29 is 9.72 Å². The van der Waals surface area contributed by atoms with Crippen molar-refractivity contribution in [2.45, 2.75) is 0 Å². The van der Waals surface area contributed by atoms with Crippen LogP contribution in [0.5, 0.6) is 0 Å². The third-order valence-corrected chi connectivity index (χ3v) is 2.88. The number of nitrogens with one attached hydrogen (secondary N) is 2. The van der Waals surface area contributed by atoms with Gasteiger partial charge in [-0.05, 0) is 28.1 Å². The van der Waals surface area contributed by atoms with Crippen LogP contribution in [0.2, 0.25) is 0 Å². The quantitative estimate of drug-likeness (QED) is 0.432. The number of halogens is 1. The van der Waals surface area contributed by atoms with Gasteiger partial charge in [-0.3, -0.25) is 20.8 Å². The largest absolute Gasteiger partial charge is 0.318 e. The maximum Gasteiger partial charge on any atom is 0.293 e. The highest BCUT2D eigenvalue weighted by molar-refractivity contribution is 9.10. The number of amides is 1. The minimum atomic E-state index is -0.600. The molecule has 10 heteroatoms. The lowest BCUT2D eigenvalue weighted by atomic mass is 10.1. The molecule has 108 valence electrons. The van der Waals surface area contributed by atoms with Crippen molar-refractivity contribution in [3.05, 3.63) is 50.9 Å². The van der Waals surface area contributed by atoms with Crippen LogP contribution in [0, 0.1) is 10.1 Å². The molecule has 0 unspecified atom stereocenters. The molecule has 0 saturated carbocycles. The van der Waals surface area contributed by atoms with Crippen molar-refractivity contribution in [2.75, 3.05) is 10.7 Å². The molecule has 0 atom stereocenters. The number of nitrogens with zero attached hydrogens (tertiary/aromatic N) is 3. The number of hydrazine groups is 1. The lowest BCUT2D eigenvalue weighted by molar-refractivity contribution is -0.384. The Morgan fingerprint density at radius 3 is 2.67 bits per heavy atom. The van der Waals surface area contributed by atoms with Gasteiger partial charge in [0.05, 0.1) is 17.3 Å². The van der Waals surface area contributed by atoms with Crippen molar-refractivity contribution in [3.63, 3.8) is 0 Å². The summed E-state index contributed by atoms with van der Waals surface area (Å²) in [4.78, 5) is 30.0. The highest BCUT2D eigenvalue weighted by Gasteiger charge is 2.16. The summed E-state index contributed by atoms with van der Waals surface area (Å²) in [6, 6.07) is 3.79. The smallest absolute Gasteiger partial charge is 0.293 e. The standard InChI is InChI=1S/C11H9BrN6O3/c12-9-4-15-10(5-14-9)16-11(19)6-1-2-8(18(20)21)7(3-6)17-13/h1-5,17H,13H2,(H,15,16,19). The van der Waals surface area contributed by atoms with Crippen LogP contribution >= 0.6 is 15.9 Å². The van der Waals surface area contributed by atoms with E-state index in [2.05, 4.69) is 36.6 Å². The molecule has 0 radical (unpaired) electrons. The Morgan fingerprint density at radius 1 is 1.33 bits per heavy atom. The van der Waals surface area contributed by atoms with Crippen LogP contribution in [-0.2, 0) is 0 Å². The Balaban J connectivity index is 2.23. The minimum absolute atomic E-state index is 0.0366. The zero-order valence-electron chi connectivity index (χ0n) is 10.4. The van der Waals surface area contributed by atoms with Crippen LogP contribution < -0.4 is 16.6 Å². The maximum absolute atomic E-state index is 12.0. The number of hydrogen-bond donors (Lipinski definition) is 3. The van der Waals surface area contributed by atoms with Crippen LogP contribution in [0.4, 0.5) is 17.2 Å². The second kappa shape index (κ2) is 6.24. The third-order valence-electron chi connectivity index (χ3n) is 2.47. The van der Waals surface area contributed by atoms with E-state index in [1.807, 2.05) is 0 Å². The summed E-state index contributed by atoms with van der Waals surface area (Å²) >= 11 is 3.12. The first-order valence-electron chi connectivity index (χ1n) is 5.55. The van der Waals surface area contributed by atoms with E-state index in [9.17, 15) is 14.9 Å². The van der Waals surface area contributed by atoms with E-state index >= 15 is 0 Å². The summed E-state index contributed by atoms with van der Waals surface area (Å²) in [5.74, 6) is 4.98. The van der Waals surface area contributed by atoms with Gasteiger partial charge in [0, 0.05) is 11.6 Å². The van der Waals surface area contributed by atoms with Gasteiger partial charge >= 0.3 is 0 Å². The fraction of sp³-hybridized carbons (Fsp3) is 0. The Morgan fingerprint density at radius 2 is 2.10 bits per heavy atom. The van der Waals surface area contributed by atoms with Gasteiger partial charge in [-0.25, -0.2) is 9.97 Å². The number of nitro groups is 1. The van der Waals surface area contributed by atoms with Gasteiger partial charge in [0.1, 0.15) is 10.3 Å². The Labute approximate surface area is 126 Å². The normalized spacial score (nSPS) is 10.0. The Kier molecular flexibility index (Phi) is 4.40. The molecular formula is C11H9BrN6O3. The van der Waals surface area contributed by atoms with E-state index in [4.69, 9.17) is 5.84 Å². The number of aromatic nitrogens is 2. The topological polar surface area (TPSA) is 136 Å². The van der Waals surface area contributed by atoms with Crippen LogP contribution in [0.1, 0.15) is 10.4 Å². The Bertz CT molecular complexity index is 691. The SMILES string of the molecule is NNc1cc(C(=O)Nc2cnc(Br)cn2)ccc1[N+](=O)[O-]. The lowest BCUT2D eigenvalue weighted by Gasteiger charge is -2.06. The molecule has 0 saturated heterocycles. The molecule has 0 aliphatic rings. The summed E-state index contributed by atoms with van der Waals surface area (Å²) in [7, 11) is 0. The van der Waals surface area contributed by atoms with E-state index in [1.165, 1.54) is 30.6 Å². The Hall–Kier alpha value is -2.59. The van der Waals surface area contributed by atoms with Gasteiger partial charge in [-0.15, -0.1) is 0 Å². The maximum atomic E-state index is 12.0. The van der Waals surface area contributed by atoms with Gasteiger partial charge in [0.25, 0.3) is 11.6 Å². The number of nitro benzene ring substituents is 1. The van der Waals surface area contributed by atoms with Crippen LogP contribution in [-0.4, -0.2) is 20.8 Å². The first kappa shape index (κ1) is 14.8. The molecule has 1 aromatic carbocycles. The van der Waals surface area contributed by atoms with Gasteiger partial charge in [-0.2, -0.15) is 0 Å². The second-order valence-corrected chi connectivity index (χ2v) is 4.62. The molecule has 1 heterocycles. The molecule has 0 fully saturated rings. The van der Waals surface area contributed by atoms with Crippen molar-refractivity contribution in [1.29, 1.82) is 0 Å². The third kappa shape index (κ3) is 3.49. The van der Waals surface area contributed by atoms with Crippen molar-refractivity contribution in [2.24, 2.45) is 5.84 Å². The minimum Gasteiger partial charge on any atom is -0.318 e. The number of carbonyl (C=O) groups is 1. The summed E-state index contributed by atoms with van der Waals surface area (Å²) in [6.07, 6.45) is 2.80. The highest BCUT2D eigenvalue weighted by Crippen LogP contribution is 2.24. The van der Waals surface area contributed by atoms with Crippen LogP contribution in [0.25, 0.3) is 0 Å². The van der Waals surface area contributed by atoms with Gasteiger partial charge < -0.3 is 10.7 Å². The molecule has 9 nitrogen and oxygen atoms in total. The average Bonchev–Trinajstić information content (AvgIpc) is 2.48. The van der Waals surface area contributed by atoms with Gasteiger partial charge in [-0.1, -0.05) is 0 Å². The first-order chi connectivity index (χ1) is 10.0. The van der Waals surface area contributed by atoms with E-state index in [0.717, 1.165) is 0 Å². The predicted octanol–water partition coefficient (Wildman–Crippen LogP) is 1.69. The molecular weight excluding hydrogens is 344 g/mol. The lowest BCUT2D eigenvalue weighted by Crippen LogP contribution is -2.15. The van der Waals surface area contributed by atoms with Crippen LogP contribution in [0.15, 0.2) is 35.2 Å². The number of rotatable bonds is 4. The van der Waals surface area contributed by atoms with Gasteiger partial charge in [0.15, 0.2) is 5.82 Å². The first-order valence-corrected chi connectivity index (χ1v) is 6.34. The number of benzene rings is 1. The summed E-state index contributed by atoms with van der Waals surface area (Å²) < 4.78 is 0.533. The molecule has 2 aromatic rings. The number of carbonyl (C=O) groups excluding carboxylic acids is 1. The monoisotopic (exact) mass is 352 g/mol. The number of anilines is 2. The molecule has 2 rings (SSSR count). The van der Waals surface area contributed by atoms with E-state index in [0.29, 0.717) is 4.60 Å². The zero-order chi connectivity index (χ0) is 15.4. The van der Waals surface area contributed by atoms with Crippen molar-refractivity contribution >= 4 is 39.0 Å². The van der Waals surface area contributed by atoms with Crippen LogP contribution in [0.3, 0.4) is 0 Å². The predicted molar refractivity (Wildman–Crippen MR) is 78.6 cm³/mol.